The SMILES string of the molecule is CCCC(=NNC)C(=O)O. The van der Waals surface area contributed by atoms with Crippen LogP contribution in [0.2, 0.25) is 0 Å². The van der Waals surface area contributed by atoms with Gasteiger partial charge in [0.25, 0.3) is 0 Å². The molecule has 0 spiro atoms. The van der Waals surface area contributed by atoms with Crippen LogP contribution in [0.15, 0.2) is 5.10 Å². The molecule has 0 rings (SSSR count). The highest BCUT2D eigenvalue weighted by atomic mass is 16.4. The molecular formula is C6H12N2O2. The molecule has 2 N–H and O–H groups in total. The molecule has 0 atom stereocenters. The second kappa shape index (κ2) is 4.78. The number of aliphatic carboxylic acids is 1. The minimum absolute atomic E-state index is 0.185. The van der Waals surface area contributed by atoms with Crippen LogP contribution < -0.4 is 5.43 Å². The van der Waals surface area contributed by atoms with Gasteiger partial charge < -0.3 is 10.5 Å². The van der Waals surface area contributed by atoms with Crippen molar-refractivity contribution in [2.45, 2.75) is 19.8 Å². The topological polar surface area (TPSA) is 61.7 Å². The fraction of sp³-hybridized carbons (Fsp3) is 0.667. The summed E-state index contributed by atoms with van der Waals surface area (Å²) in [6, 6.07) is 0. The molecule has 0 radical (unpaired) electrons. The van der Waals surface area contributed by atoms with Crippen molar-refractivity contribution in [3.05, 3.63) is 0 Å². The van der Waals surface area contributed by atoms with Crippen LogP contribution in [-0.4, -0.2) is 23.8 Å². The molecule has 0 aromatic rings. The van der Waals surface area contributed by atoms with Crippen LogP contribution in [0.5, 0.6) is 0 Å². The highest BCUT2D eigenvalue weighted by Crippen LogP contribution is 1.90. The first-order chi connectivity index (χ1) is 4.72. The largest absolute Gasteiger partial charge is 0.477 e. The summed E-state index contributed by atoms with van der Waals surface area (Å²) in [5.74, 6) is -0.948. The number of rotatable bonds is 4. The van der Waals surface area contributed by atoms with E-state index in [0.717, 1.165) is 6.42 Å². The van der Waals surface area contributed by atoms with Crippen molar-refractivity contribution in [3.63, 3.8) is 0 Å². The third kappa shape index (κ3) is 3.06. The van der Waals surface area contributed by atoms with Crippen molar-refractivity contribution in [2.75, 3.05) is 7.05 Å². The zero-order chi connectivity index (χ0) is 7.98. The Morgan fingerprint density at radius 3 is 2.60 bits per heavy atom. The number of carboxylic acids is 1. The zero-order valence-electron chi connectivity index (χ0n) is 6.22. The molecule has 0 unspecified atom stereocenters. The van der Waals surface area contributed by atoms with Gasteiger partial charge in [-0.3, -0.25) is 0 Å². The third-order valence-electron chi connectivity index (χ3n) is 0.980. The number of nitrogens with one attached hydrogen (secondary N) is 1. The molecule has 0 saturated heterocycles. The molecule has 0 aromatic carbocycles. The quantitative estimate of drug-likeness (QED) is 0.444. The molecule has 0 aliphatic rings. The van der Waals surface area contributed by atoms with Gasteiger partial charge in [-0.15, -0.1) is 0 Å². The van der Waals surface area contributed by atoms with E-state index >= 15 is 0 Å². The molecule has 4 nitrogen and oxygen atoms in total. The van der Waals surface area contributed by atoms with Gasteiger partial charge in [-0.05, 0) is 6.42 Å². The Bertz CT molecular complexity index is 143. The second-order valence-corrected chi connectivity index (χ2v) is 1.84. The first-order valence-electron chi connectivity index (χ1n) is 3.19. The van der Waals surface area contributed by atoms with E-state index < -0.39 is 5.97 Å². The number of hydrogen-bond donors (Lipinski definition) is 2. The van der Waals surface area contributed by atoms with Gasteiger partial charge in [-0.25, -0.2) is 4.79 Å². The molecule has 0 bridgehead atoms. The molecular weight excluding hydrogens is 132 g/mol. The van der Waals surface area contributed by atoms with Crippen LogP contribution in [0, 0.1) is 0 Å². The van der Waals surface area contributed by atoms with Crippen molar-refractivity contribution >= 4 is 11.7 Å². The molecule has 0 aliphatic carbocycles. The van der Waals surface area contributed by atoms with E-state index in [0.29, 0.717) is 6.42 Å². The monoisotopic (exact) mass is 144 g/mol. The number of nitrogens with zero attached hydrogens (tertiary/aromatic N) is 1. The maximum atomic E-state index is 10.3. The summed E-state index contributed by atoms with van der Waals surface area (Å²) in [6.07, 6.45) is 1.31. The minimum atomic E-state index is -0.948. The Kier molecular flexibility index (Phi) is 4.28. The van der Waals surface area contributed by atoms with E-state index in [-0.39, 0.29) is 5.71 Å². The first kappa shape index (κ1) is 8.94. The smallest absolute Gasteiger partial charge is 0.352 e. The summed E-state index contributed by atoms with van der Waals surface area (Å²) in [5, 5.41) is 12.0. The van der Waals surface area contributed by atoms with E-state index in [4.69, 9.17) is 5.11 Å². The van der Waals surface area contributed by atoms with Crippen molar-refractivity contribution in [1.82, 2.24) is 5.43 Å². The van der Waals surface area contributed by atoms with Gasteiger partial charge in [0.1, 0.15) is 5.71 Å². The second-order valence-electron chi connectivity index (χ2n) is 1.84. The van der Waals surface area contributed by atoms with Crippen LogP contribution in [-0.2, 0) is 4.79 Å². The van der Waals surface area contributed by atoms with Gasteiger partial charge in [0.2, 0.25) is 0 Å². The van der Waals surface area contributed by atoms with E-state index in [1.807, 2.05) is 6.92 Å². The number of carbonyl (C=O) groups is 1. The Hall–Kier alpha value is -1.06. The first-order valence-corrected chi connectivity index (χ1v) is 3.19. The molecule has 0 fully saturated rings. The van der Waals surface area contributed by atoms with Crippen LogP contribution in [0.1, 0.15) is 19.8 Å². The van der Waals surface area contributed by atoms with E-state index in [1.165, 1.54) is 0 Å². The lowest BCUT2D eigenvalue weighted by molar-refractivity contribution is -0.129. The summed E-state index contributed by atoms with van der Waals surface area (Å²) < 4.78 is 0. The fourth-order valence-corrected chi connectivity index (χ4v) is 0.582. The molecule has 0 amide bonds. The Morgan fingerprint density at radius 2 is 2.30 bits per heavy atom. The summed E-state index contributed by atoms with van der Waals surface area (Å²) >= 11 is 0. The van der Waals surface area contributed by atoms with Crippen molar-refractivity contribution < 1.29 is 9.90 Å². The minimum Gasteiger partial charge on any atom is -0.477 e. The fourth-order valence-electron chi connectivity index (χ4n) is 0.582. The molecule has 58 valence electrons. The Balaban J connectivity index is 3.98. The molecule has 10 heavy (non-hydrogen) atoms. The molecule has 4 heteroatoms. The zero-order valence-corrected chi connectivity index (χ0v) is 6.22. The van der Waals surface area contributed by atoms with E-state index in [1.54, 1.807) is 7.05 Å². The van der Waals surface area contributed by atoms with Gasteiger partial charge in [-0.1, -0.05) is 13.3 Å². The predicted molar refractivity (Wildman–Crippen MR) is 39.0 cm³/mol. The number of hydrogen-bond acceptors (Lipinski definition) is 3. The maximum absolute atomic E-state index is 10.3. The Labute approximate surface area is 59.9 Å². The van der Waals surface area contributed by atoms with Crippen LogP contribution in [0.25, 0.3) is 0 Å². The van der Waals surface area contributed by atoms with Crippen LogP contribution >= 0.6 is 0 Å². The average Bonchev–Trinajstić information content (AvgIpc) is 1.87. The van der Waals surface area contributed by atoms with Gasteiger partial charge in [0.15, 0.2) is 0 Å². The van der Waals surface area contributed by atoms with Gasteiger partial charge in [0.05, 0.1) is 0 Å². The van der Waals surface area contributed by atoms with E-state index in [2.05, 4.69) is 10.5 Å². The average molecular weight is 144 g/mol. The molecule has 0 saturated carbocycles. The number of hydrazone groups is 1. The summed E-state index contributed by atoms with van der Waals surface area (Å²) in [7, 11) is 1.58. The van der Waals surface area contributed by atoms with Gasteiger partial charge in [0, 0.05) is 7.05 Å². The lowest BCUT2D eigenvalue weighted by atomic mass is 10.2. The maximum Gasteiger partial charge on any atom is 0.352 e. The van der Waals surface area contributed by atoms with Crippen LogP contribution in [0.4, 0.5) is 0 Å². The van der Waals surface area contributed by atoms with Gasteiger partial charge >= 0.3 is 5.97 Å². The summed E-state index contributed by atoms with van der Waals surface area (Å²) in [5.41, 5.74) is 2.63. The van der Waals surface area contributed by atoms with E-state index in [9.17, 15) is 4.79 Å². The third-order valence-corrected chi connectivity index (χ3v) is 0.980. The van der Waals surface area contributed by atoms with Crippen molar-refractivity contribution in [3.8, 4) is 0 Å². The molecule has 0 heterocycles. The lowest BCUT2D eigenvalue weighted by Crippen LogP contribution is -2.15. The van der Waals surface area contributed by atoms with Crippen molar-refractivity contribution in [2.24, 2.45) is 5.10 Å². The molecule has 0 aromatic heterocycles. The van der Waals surface area contributed by atoms with Gasteiger partial charge in [-0.2, -0.15) is 5.10 Å². The predicted octanol–water partition coefficient (Wildman–Crippen LogP) is 0.446. The summed E-state index contributed by atoms with van der Waals surface area (Å²) in [4.78, 5) is 10.3. The van der Waals surface area contributed by atoms with Crippen molar-refractivity contribution in [1.29, 1.82) is 0 Å². The molecule has 0 aliphatic heterocycles. The highest BCUT2D eigenvalue weighted by Gasteiger charge is 2.06. The Morgan fingerprint density at radius 1 is 1.70 bits per heavy atom. The van der Waals surface area contributed by atoms with Crippen LogP contribution in [0.3, 0.4) is 0 Å². The normalized spacial score (nSPS) is 11.2. The highest BCUT2D eigenvalue weighted by molar-refractivity contribution is 6.35. The summed E-state index contributed by atoms with van der Waals surface area (Å²) in [6.45, 7) is 1.91. The number of carboxylic acid groups (broad SMARTS) is 1. The lowest BCUT2D eigenvalue weighted by Gasteiger charge is -1.96. The standard InChI is InChI=1S/C6H12N2O2/c1-3-4-5(6(9)10)8-7-2/h7H,3-4H2,1-2H3,(H,9,10).